The predicted octanol–water partition coefficient (Wildman–Crippen LogP) is 3.43. The summed E-state index contributed by atoms with van der Waals surface area (Å²) in [5.74, 6) is 0.125. The molecule has 3 rings (SSSR count). The van der Waals surface area contributed by atoms with Crippen LogP contribution in [-0.4, -0.2) is 18.5 Å². The first kappa shape index (κ1) is 11.8. The minimum Gasteiger partial charge on any atom is -0.359 e. The van der Waals surface area contributed by atoms with Gasteiger partial charge in [0.2, 0.25) is 5.91 Å². The molecule has 1 N–H and O–H groups in total. The lowest BCUT2D eigenvalue weighted by molar-refractivity contribution is -0.122. The molecule has 0 saturated heterocycles. The van der Waals surface area contributed by atoms with E-state index in [1.165, 1.54) is 6.42 Å². The lowest BCUT2D eigenvalue weighted by Crippen LogP contribution is -2.59. The van der Waals surface area contributed by atoms with Crippen molar-refractivity contribution >= 4 is 28.9 Å². The fourth-order valence-corrected chi connectivity index (χ4v) is 3.39. The molecule has 0 atom stereocenters. The van der Waals surface area contributed by atoms with E-state index in [1.807, 2.05) is 25.2 Å². The van der Waals surface area contributed by atoms with Crippen LogP contribution in [0.4, 0.5) is 11.4 Å². The minimum absolute atomic E-state index is 0.125. The standard InChI is InChI=1S/C14H17ClN2O/c1-17-12-6-5-10(15)9-11(12)16-13(18)14(17)7-3-2-4-8-14/h5-6,9H,2-4,7-8H2,1H3,(H,16,18). The van der Waals surface area contributed by atoms with E-state index in [9.17, 15) is 4.79 Å². The van der Waals surface area contributed by atoms with Crippen LogP contribution in [0.3, 0.4) is 0 Å². The van der Waals surface area contributed by atoms with Gasteiger partial charge in [0.25, 0.3) is 0 Å². The summed E-state index contributed by atoms with van der Waals surface area (Å²) in [7, 11) is 2.02. The van der Waals surface area contributed by atoms with Crippen LogP contribution >= 0.6 is 11.6 Å². The maximum atomic E-state index is 12.5. The Morgan fingerprint density at radius 3 is 2.72 bits per heavy atom. The predicted molar refractivity (Wildman–Crippen MR) is 74.3 cm³/mol. The summed E-state index contributed by atoms with van der Waals surface area (Å²) >= 11 is 5.98. The van der Waals surface area contributed by atoms with E-state index in [0.29, 0.717) is 5.02 Å². The van der Waals surface area contributed by atoms with Crippen molar-refractivity contribution in [1.29, 1.82) is 0 Å². The second kappa shape index (κ2) is 4.16. The molecule has 1 saturated carbocycles. The van der Waals surface area contributed by atoms with Crippen LogP contribution < -0.4 is 10.2 Å². The van der Waals surface area contributed by atoms with Crippen LogP contribution in [0.2, 0.25) is 5.02 Å². The molecule has 3 nitrogen and oxygen atoms in total. The number of anilines is 2. The Bertz CT molecular complexity index is 495. The van der Waals surface area contributed by atoms with Crippen molar-refractivity contribution in [3.8, 4) is 0 Å². The monoisotopic (exact) mass is 264 g/mol. The summed E-state index contributed by atoms with van der Waals surface area (Å²) in [5.41, 5.74) is 1.55. The third-order valence-corrected chi connectivity index (χ3v) is 4.55. The molecule has 96 valence electrons. The molecule has 18 heavy (non-hydrogen) atoms. The first-order chi connectivity index (χ1) is 8.63. The van der Waals surface area contributed by atoms with E-state index in [4.69, 9.17) is 11.6 Å². The number of amides is 1. The van der Waals surface area contributed by atoms with Gasteiger partial charge in [-0.05, 0) is 31.0 Å². The molecular weight excluding hydrogens is 248 g/mol. The maximum absolute atomic E-state index is 12.5. The van der Waals surface area contributed by atoms with Gasteiger partial charge in [0.15, 0.2) is 0 Å². The Hall–Kier alpha value is -1.22. The van der Waals surface area contributed by atoms with Gasteiger partial charge >= 0.3 is 0 Å². The summed E-state index contributed by atoms with van der Waals surface area (Å²) in [6.07, 6.45) is 5.37. The number of carbonyl (C=O) groups excluding carboxylic acids is 1. The summed E-state index contributed by atoms with van der Waals surface area (Å²) in [4.78, 5) is 14.6. The van der Waals surface area contributed by atoms with Gasteiger partial charge in [0.1, 0.15) is 5.54 Å². The summed E-state index contributed by atoms with van der Waals surface area (Å²) in [6, 6.07) is 5.69. The lowest BCUT2D eigenvalue weighted by atomic mass is 9.78. The van der Waals surface area contributed by atoms with Crippen molar-refractivity contribution in [3.63, 3.8) is 0 Å². The largest absolute Gasteiger partial charge is 0.359 e. The van der Waals surface area contributed by atoms with Gasteiger partial charge in [0.05, 0.1) is 11.4 Å². The Balaban J connectivity index is 2.06. The van der Waals surface area contributed by atoms with E-state index in [1.54, 1.807) is 0 Å². The van der Waals surface area contributed by atoms with E-state index in [2.05, 4.69) is 10.2 Å². The zero-order chi connectivity index (χ0) is 12.8. The molecule has 1 heterocycles. The highest BCUT2D eigenvalue weighted by atomic mass is 35.5. The number of hydrogen-bond donors (Lipinski definition) is 1. The average Bonchev–Trinajstić information content (AvgIpc) is 2.37. The molecule has 1 amide bonds. The van der Waals surface area contributed by atoms with Gasteiger partial charge in [-0.25, -0.2) is 0 Å². The van der Waals surface area contributed by atoms with Crippen molar-refractivity contribution in [2.75, 3.05) is 17.3 Å². The first-order valence-corrected chi connectivity index (χ1v) is 6.86. The van der Waals surface area contributed by atoms with E-state index in [-0.39, 0.29) is 11.4 Å². The number of fused-ring (bicyclic) bond motifs is 1. The van der Waals surface area contributed by atoms with Crippen LogP contribution in [0.25, 0.3) is 0 Å². The Morgan fingerprint density at radius 2 is 2.00 bits per heavy atom. The smallest absolute Gasteiger partial charge is 0.250 e. The van der Waals surface area contributed by atoms with Crippen molar-refractivity contribution in [3.05, 3.63) is 23.2 Å². The molecule has 0 aromatic heterocycles. The number of nitrogens with zero attached hydrogens (tertiary/aromatic N) is 1. The van der Waals surface area contributed by atoms with Crippen molar-refractivity contribution in [2.45, 2.75) is 37.6 Å². The highest BCUT2D eigenvalue weighted by Gasteiger charge is 2.46. The van der Waals surface area contributed by atoms with Gasteiger partial charge in [-0.1, -0.05) is 30.9 Å². The average molecular weight is 265 g/mol. The summed E-state index contributed by atoms with van der Waals surface area (Å²) < 4.78 is 0. The number of likely N-dealkylation sites (N-methyl/N-ethyl adjacent to an activating group) is 1. The van der Waals surface area contributed by atoms with Crippen LogP contribution in [0.5, 0.6) is 0 Å². The van der Waals surface area contributed by atoms with Crippen LogP contribution in [0, 0.1) is 0 Å². The molecule has 1 aromatic carbocycles. The Kier molecular flexibility index (Phi) is 2.74. The van der Waals surface area contributed by atoms with E-state index < -0.39 is 0 Å². The summed E-state index contributed by atoms with van der Waals surface area (Å²) in [6.45, 7) is 0. The molecule has 1 spiro atoms. The van der Waals surface area contributed by atoms with Gasteiger partial charge in [-0.2, -0.15) is 0 Å². The zero-order valence-corrected chi connectivity index (χ0v) is 11.3. The van der Waals surface area contributed by atoms with Crippen LogP contribution in [0.15, 0.2) is 18.2 Å². The first-order valence-electron chi connectivity index (χ1n) is 6.48. The fourth-order valence-electron chi connectivity index (χ4n) is 3.22. The third-order valence-electron chi connectivity index (χ3n) is 4.31. The SMILES string of the molecule is CN1c2ccc(Cl)cc2NC(=O)C12CCCCC2. The molecule has 1 aliphatic heterocycles. The van der Waals surface area contributed by atoms with Gasteiger partial charge in [0, 0.05) is 12.1 Å². The molecule has 1 fully saturated rings. The fraction of sp³-hybridized carbons (Fsp3) is 0.500. The number of benzene rings is 1. The molecule has 4 heteroatoms. The second-order valence-corrected chi connectivity index (χ2v) is 5.70. The number of carbonyl (C=O) groups is 1. The maximum Gasteiger partial charge on any atom is 0.250 e. The highest BCUT2D eigenvalue weighted by Crippen LogP contribution is 2.43. The Labute approximate surface area is 112 Å². The summed E-state index contributed by atoms with van der Waals surface area (Å²) in [5, 5.41) is 3.68. The lowest BCUT2D eigenvalue weighted by Gasteiger charge is -2.48. The molecule has 0 radical (unpaired) electrons. The van der Waals surface area contributed by atoms with Crippen molar-refractivity contribution < 1.29 is 4.79 Å². The Morgan fingerprint density at radius 1 is 1.28 bits per heavy atom. The number of nitrogens with one attached hydrogen (secondary N) is 1. The molecule has 1 aliphatic carbocycles. The van der Waals surface area contributed by atoms with Crippen molar-refractivity contribution in [2.24, 2.45) is 0 Å². The highest BCUT2D eigenvalue weighted by molar-refractivity contribution is 6.31. The molecule has 1 aromatic rings. The van der Waals surface area contributed by atoms with E-state index in [0.717, 1.165) is 37.1 Å². The number of rotatable bonds is 0. The van der Waals surface area contributed by atoms with Gasteiger partial charge < -0.3 is 10.2 Å². The third kappa shape index (κ3) is 1.61. The molecular formula is C14H17ClN2O. The van der Waals surface area contributed by atoms with Crippen LogP contribution in [-0.2, 0) is 4.79 Å². The van der Waals surface area contributed by atoms with Gasteiger partial charge in [-0.3, -0.25) is 4.79 Å². The molecule has 2 aliphatic rings. The van der Waals surface area contributed by atoms with Crippen LogP contribution in [0.1, 0.15) is 32.1 Å². The number of halogens is 1. The number of hydrogen-bond acceptors (Lipinski definition) is 2. The molecule has 0 bridgehead atoms. The normalized spacial score (nSPS) is 21.7. The zero-order valence-electron chi connectivity index (χ0n) is 10.5. The quantitative estimate of drug-likeness (QED) is 0.779. The van der Waals surface area contributed by atoms with Gasteiger partial charge in [-0.15, -0.1) is 0 Å². The second-order valence-electron chi connectivity index (χ2n) is 5.27. The van der Waals surface area contributed by atoms with E-state index >= 15 is 0 Å². The topological polar surface area (TPSA) is 32.3 Å². The van der Waals surface area contributed by atoms with Crippen molar-refractivity contribution in [1.82, 2.24) is 0 Å². The molecule has 0 unspecified atom stereocenters. The minimum atomic E-state index is -0.348.